The summed E-state index contributed by atoms with van der Waals surface area (Å²) in [6, 6.07) is 8.37. The van der Waals surface area contributed by atoms with Gasteiger partial charge in [-0.2, -0.15) is 0 Å². The number of aliphatic hydroxyl groups is 1. The van der Waals surface area contributed by atoms with Crippen molar-refractivity contribution in [1.29, 1.82) is 0 Å². The lowest BCUT2D eigenvalue weighted by atomic mass is 9.95. The van der Waals surface area contributed by atoms with E-state index in [2.05, 4.69) is 29.6 Å². The Bertz CT molecular complexity index is 319. The first-order valence-corrected chi connectivity index (χ1v) is 5.96. The standard InChI is InChI=1S/C14H23NO2/c1-14(2,11-16)10-15-8-12-4-6-13(7-5-12)9-17-3/h4-7,15-16H,8-11H2,1-3H3. The number of benzene rings is 1. The van der Waals surface area contributed by atoms with E-state index in [1.165, 1.54) is 11.1 Å². The van der Waals surface area contributed by atoms with Crippen molar-refractivity contribution in [3.05, 3.63) is 35.4 Å². The van der Waals surface area contributed by atoms with E-state index >= 15 is 0 Å². The minimum atomic E-state index is -0.0595. The van der Waals surface area contributed by atoms with Gasteiger partial charge in [0.1, 0.15) is 0 Å². The van der Waals surface area contributed by atoms with Crippen molar-refractivity contribution < 1.29 is 9.84 Å². The minimum absolute atomic E-state index is 0.0595. The zero-order chi connectivity index (χ0) is 12.7. The van der Waals surface area contributed by atoms with Crippen molar-refractivity contribution in [2.75, 3.05) is 20.3 Å². The van der Waals surface area contributed by atoms with Crippen molar-refractivity contribution >= 4 is 0 Å². The van der Waals surface area contributed by atoms with Crippen molar-refractivity contribution in [1.82, 2.24) is 5.32 Å². The van der Waals surface area contributed by atoms with Crippen LogP contribution in [0, 0.1) is 5.41 Å². The van der Waals surface area contributed by atoms with Gasteiger partial charge in [-0.15, -0.1) is 0 Å². The monoisotopic (exact) mass is 237 g/mol. The minimum Gasteiger partial charge on any atom is -0.396 e. The second-order valence-corrected chi connectivity index (χ2v) is 5.18. The van der Waals surface area contributed by atoms with E-state index in [9.17, 15) is 0 Å². The van der Waals surface area contributed by atoms with Crippen molar-refractivity contribution in [3.63, 3.8) is 0 Å². The van der Waals surface area contributed by atoms with Crippen LogP contribution in [-0.2, 0) is 17.9 Å². The van der Waals surface area contributed by atoms with Gasteiger partial charge < -0.3 is 15.2 Å². The van der Waals surface area contributed by atoms with Gasteiger partial charge in [0.15, 0.2) is 0 Å². The van der Waals surface area contributed by atoms with Gasteiger partial charge in [-0.1, -0.05) is 38.1 Å². The third-order valence-electron chi connectivity index (χ3n) is 2.69. The zero-order valence-corrected chi connectivity index (χ0v) is 11.0. The average molecular weight is 237 g/mol. The number of ether oxygens (including phenoxy) is 1. The lowest BCUT2D eigenvalue weighted by Crippen LogP contribution is -2.31. The second-order valence-electron chi connectivity index (χ2n) is 5.18. The third-order valence-corrected chi connectivity index (χ3v) is 2.69. The molecule has 0 bridgehead atoms. The number of aliphatic hydroxyl groups excluding tert-OH is 1. The van der Waals surface area contributed by atoms with Crippen LogP contribution in [0.15, 0.2) is 24.3 Å². The highest BCUT2D eigenvalue weighted by atomic mass is 16.5. The molecule has 0 spiro atoms. The van der Waals surface area contributed by atoms with Gasteiger partial charge in [-0.25, -0.2) is 0 Å². The fourth-order valence-electron chi connectivity index (χ4n) is 1.52. The molecular formula is C14H23NO2. The predicted molar refractivity (Wildman–Crippen MR) is 69.7 cm³/mol. The van der Waals surface area contributed by atoms with E-state index in [0.717, 1.165) is 13.1 Å². The van der Waals surface area contributed by atoms with Crippen LogP contribution >= 0.6 is 0 Å². The molecular weight excluding hydrogens is 214 g/mol. The summed E-state index contributed by atoms with van der Waals surface area (Å²) in [6.45, 7) is 6.58. The summed E-state index contributed by atoms with van der Waals surface area (Å²) in [5, 5.41) is 12.5. The fourth-order valence-corrected chi connectivity index (χ4v) is 1.52. The molecule has 0 heterocycles. The number of rotatable bonds is 7. The van der Waals surface area contributed by atoms with Crippen LogP contribution in [0.3, 0.4) is 0 Å². The molecule has 3 nitrogen and oxygen atoms in total. The number of hydrogen-bond donors (Lipinski definition) is 2. The second kappa shape index (κ2) is 6.74. The first kappa shape index (κ1) is 14.2. The Morgan fingerprint density at radius 2 is 1.76 bits per heavy atom. The number of hydrogen-bond acceptors (Lipinski definition) is 3. The van der Waals surface area contributed by atoms with Crippen LogP contribution in [-0.4, -0.2) is 25.4 Å². The van der Waals surface area contributed by atoms with E-state index in [1.807, 2.05) is 13.8 Å². The van der Waals surface area contributed by atoms with Crippen LogP contribution in [0.25, 0.3) is 0 Å². The summed E-state index contributed by atoms with van der Waals surface area (Å²) in [6.07, 6.45) is 0. The fraction of sp³-hybridized carbons (Fsp3) is 0.571. The molecule has 0 amide bonds. The lowest BCUT2D eigenvalue weighted by molar-refractivity contribution is 0.156. The van der Waals surface area contributed by atoms with E-state index in [0.29, 0.717) is 6.61 Å². The topological polar surface area (TPSA) is 41.5 Å². The quantitative estimate of drug-likeness (QED) is 0.761. The third kappa shape index (κ3) is 5.31. The SMILES string of the molecule is COCc1ccc(CNCC(C)(C)CO)cc1. The normalized spacial score (nSPS) is 11.8. The van der Waals surface area contributed by atoms with Crippen LogP contribution < -0.4 is 5.32 Å². The average Bonchev–Trinajstić information content (AvgIpc) is 2.32. The van der Waals surface area contributed by atoms with Crippen LogP contribution in [0.4, 0.5) is 0 Å². The van der Waals surface area contributed by atoms with Gasteiger partial charge in [-0.3, -0.25) is 0 Å². The van der Waals surface area contributed by atoms with Crippen molar-refractivity contribution in [3.8, 4) is 0 Å². The first-order valence-electron chi connectivity index (χ1n) is 5.96. The molecule has 1 rings (SSSR count). The Labute approximate surface area is 104 Å². The molecule has 0 aliphatic heterocycles. The molecule has 0 fully saturated rings. The van der Waals surface area contributed by atoms with Gasteiger partial charge in [0.2, 0.25) is 0 Å². The first-order chi connectivity index (χ1) is 8.07. The Morgan fingerprint density at radius 3 is 2.29 bits per heavy atom. The molecule has 2 N–H and O–H groups in total. The highest BCUT2D eigenvalue weighted by Crippen LogP contribution is 2.12. The Morgan fingerprint density at radius 1 is 1.18 bits per heavy atom. The largest absolute Gasteiger partial charge is 0.396 e. The summed E-state index contributed by atoms with van der Waals surface area (Å²) in [5.74, 6) is 0. The number of methoxy groups -OCH3 is 1. The molecule has 96 valence electrons. The summed E-state index contributed by atoms with van der Waals surface area (Å²) < 4.78 is 5.06. The van der Waals surface area contributed by atoms with Crippen molar-refractivity contribution in [2.45, 2.75) is 27.0 Å². The highest BCUT2D eigenvalue weighted by molar-refractivity contribution is 5.21. The summed E-state index contributed by atoms with van der Waals surface area (Å²) in [4.78, 5) is 0. The van der Waals surface area contributed by atoms with E-state index in [1.54, 1.807) is 7.11 Å². The summed E-state index contributed by atoms with van der Waals surface area (Å²) in [7, 11) is 1.70. The van der Waals surface area contributed by atoms with Crippen LogP contribution in [0.1, 0.15) is 25.0 Å². The highest BCUT2D eigenvalue weighted by Gasteiger charge is 2.15. The van der Waals surface area contributed by atoms with Gasteiger partial charge in [0.05, 0.1) is 6.61 Å². The summed E-state index contributed by atoms with van der Waals surface area (Å²) in [5.41, 5.74) is 2.38. The molecule has 0 aromatic heterocycles. The molecule has 0 unspecified atom stereocenters. The van der Waals surface area contributed by atoms with E-state index < -0.39 is 0 Å². The molecule has 0 atom stereocenters. The molecule has 17 heavy (non-hydrogen) atoms. The molecule has 0 radical (unpaired) electrons. The van der Waals surface area contributed by atoms with E-state index in [-0.39, 0.29) is 12.0 Å². The van der Waals surface area contributed by atoms with Gasteiger partial charge >= 0.3 is 0 Å². The molecule has 0 saturated carbocycles. The molecule has 0 saturated heterocycles. The molecule has 1 aromatic carbocycles. The Balaban J connectivity index is 2.37. The molecule has 1 aromatic rings. The lowest BCUT2D eigenvalue weighted by Gasteiger charge is -2.21. The predicted octanol–water partition coefficient (Wildman–Crippen LogP) is 1.94. The maximum atomic E-state index is 9.13. The molecule has 0 aliphatic carbocycles. The smallest absolute Gasteiger partial charge is 0.0713 e. The Kier molecular flexibility index (Phi) is 5.62. The van der Waals surface area contributed by atoms with Crippen molar-refractivity contribution in [2.24, 2.45) is 5.41 Å². The molecule has 3 heteroatoms. The maximum absolute atomic E-state index is 9.13. The van der Waals surface area contributed by atoms with Crippen LogP contribution in [0.5, 0.6) is 0 Å². The Hall–Kier alpha value is -0.900. The van der Waals surface area contributed by atoms with Gasteiger partial charge in [-0.05, 0) is 11.1 Å². The van der Waals surface area contributed by atoms with Gasteiger partial charge in [0.25, 0.3) is 0 Å². The van der Waals surface area contributed by atoms with E-state index in [4.69, 9.17) is 9.84 Å². The summed E-state index contributed by atoms with van der Waals surface area (Å²) >= 11 is 0. The van der Waals surface area contributed by atoms with Crippen LogP contribution in [0.2, 0.25) is 0 Å². The number of nitrogens with one attached hydrogen (secondary N) is 1. The molecule has 0 aliphatic rings. The van der Waals surface area contributed by atoms with Gasteiger partial charge in [0, 0.05) is 32.2 Å². The zero-order valence-electron chi connectivity index (χ0n) is 11.0. The maximum Gasteiger partial charge on any atom is 0.0713 e.